The average molecular weight is 264 g/mol. The third-order valence-corrected chi connectivity index (χ3v) is 2.83. The number of nitrogens with one attached hydrogen (secondary N) is 2. The molecule has 0 saturated heterocycles. The third kappa shape index (κ3) is 3.98. The van der Waals surface area contributed by atoms with Crippen molar-refractivity contribution in [1.29, 1.82) is 0 Å². The molecule has 0 aliphatic rings. The second kappa shape index (κ2) is 6.78. The Balaban J connectivity index is 2.78. The fraction of sp³-hybridized carbons (Fsp3) is 0.429. The van der Waals surface area contributed by atoms with Crippen LogP contribution in [0.3, 0.4) is 0 Å². The lowest BCUT2D eigenvalue weighted by Gasteiger charge is -2.20. The van der Waals surface area contributed by atoms with E-state index in [1.807, 2.05) is 13.8 Å². The second-order valence-corrected chi connectivity index (χ2v) is 4.54. The van der Waals surface area contributed by atoms with E-state index in [2.05, 4.69) is 10.6 Å². The van der Waals surface area contributed by atoms with Gasteiger partial charge in [0.05, 0.1) is 7.11 Å². The van der Waals surface area contributed by atoms with E-state index >= 15 is 0 Å². The van der Waals surface area contributed by atoms with Crippen LogP contribution in [0.2, 0.25) is 0 Å². The molecule has 0 aromatic heterocycles. The lowest BCUT2D eigenvalue weighted by atomic mass is 10.0. The summed E-state index contributed by atoms with van der Waals surface area (Å²) in [7, 11) is 3.12. The smallest absolute Gasteiger partial charge is 0.251 e. The van der Waals surface area contributed by atoms with Crippen molar-refractivity contribution in [3.05, 3.63) is 29.8 Å². The number of methoxy groups -OCH3 is 1. The summed E-state index contributed by atoms with van der Waals surface area (Å²) in [5.41, 5.74) is 0.496. The first-order chi connectivity index (χ1) is 8.99. The monoisotopic (exact) mass is 264 g/mol. The fourth-order valence-electron chi connectivity index (χ4n) is 1.66. The van der Waals surface area contributed by atoms with Gasteiger partial charge < -0.3 is 15.4 Å². The minimum absolute atomic E-state index is 0.0159. The molecule has 5 heteroatoms. The largest absolute Gasteiger partial charge is 0.497 e. The van der Waals surface area contributed by atoms with Crippen molar-refractivity contribution >= 4 is 11.8 Å². The topological polar surface area (TPSA) is 67.4 Å². The fourth-order valence-corrected chi connectivity index (χ4v) is 1.66. The molecule has 1 atom stereocenters. The Bertz CT molecular complexity index is 441. The zero-order valence-corrected chi connectivity index (χ0v) is 11.7. The molecule has 0 spiro atoms. The van der Waals surface area contributed by atoms with E-state index in [0.717, 1.165) is 0 Å². The van der Waals surface area contributed by atoms with Gasteiger partial charge in [0.1, 0.15) is 11.8 Å². The van der Waals surface area contributed by atoms with Gasteiger partial charge in [-0.05, 0) is 30.2 Å². The summed E-state index contributed by atoms with van der Waals surface area (Å²) in [5, 5.41) is 5.28. The first-order valence-corrected chi connectivity index (χ1v) is 6.16. The molecule has 0 fully saturated rings. The van der Waals surface area contributed by atoms with Crippen molar-refractivity contribution in [2.45, 2.75) is 19.9 Å². The molecule has 19 heavy (non-hydrogen) atoms. The molecule has 1 unspecified atom stereocenters. The summed E-state index contributed by atoms with van der Waals surface area (Å²) in [6, 6.07) is 6.20. The van der Waals surface area contributed by atoms with Crippen molar-refractivity contribution in [1.82, 2.24) is 10.6 Å². The van der Waals surface area contributed by atoms with Crippen LogP contribution >= 0.6 is 0 Å². The predicted molar refractivity (Wildman–Crippen MR) is 73.2 cm³/mol. The molecule has 5 nitrogen and oxygen atoms in total. The molecule has 0 aliphatic heterocycles. The van der Waals surface area contributed by atoms with Crippen LogP contribution in [0, 0.1) is 5.92 Å². The number of hydrogen-bond donors (Lipinski definition) is 2. The highest BCUT2D eigenvalue weighted by atomic mass is 16.5. The van der Waals surface area contributed by atoms with E-state index in [-0.39, 0.29) is 17.7 Å². The number of rotatable bonds is 5. The van der Waals surface area contributed by atoms with E-state index in [1.165, 1.54) is 0 Å². The van der Waals surface area contributed by atoms with Gasteiger partial charge in [0.15, 0.2) is 0 Å². The maximum Gasteiger partial charge on any atom is 0.251 e. The first-order valence-electron chi connectivity index (χ1n) is 6.16. The molecule has 0 heterocycles. The summed E-state index contributed by atoms with van der Waals surface area (Å²) in [6.07, 6.45) is 0. The predicted octanol–water partition coefficient (Wildman–Crippen LogP) is 1.20. The number of hydrogen-bond acceptors (Lipinski definition) is 3. The van der Waals surface area contributed by atoms with Crippen molar-refractivity contribution in [3.8, 4) is 5.75 Å². The van der Waals surface area contributed by atoms with E-state index in [0.29, 0.717) is 11.3 Å². The van der Waals surface area contributed by atoms with Gasteiger partial charge in [-0.3, -0.25) is 9.59 Å². The van der Waals surface area contributed by atoms with Crippen LogP contribution in [0.5, 0.6) is 5.75 Å². The second-order valence-electron chi connectivity index (χ2n) is 4.54. The van der Waals surface area contributed by atoms with Crippen LogP contribution in [0.4, 0.5) is 0 Å². The Morgan fingerprint density at radius 1 is 1.16 bits per heavy atom. The van der Waals surface area contributed by atoms with Crippen LogP contribution in [0.1, 0.15) is 24.2 Å². The van der Waals surface area contributed by atoms with Crippen molar-refractivity contribution in [2.24, 2.45) is 5.92 Å². The van der Waals surface area contributed by atoms with Gasteiger partial charge in [-0.2, -0.15) is 0 Å². The number of likely N-dealkylation sites (N-methyl/N-ethyl adjacent to an activating group) is 1. The normalized spacial score (nSPS) is 11.8. The molecular formula is C14H20N2O3. The molecule has 0 bridgehead atoms. The molecule has 1 aromatic carbocycles. The molecule has 2 amide bonds. The van der Waals surface area contributed by atoms with E-state index in [4.69, 9.17) is 4.74 Å². The Morgan fingerprint density at radius 3 is 2.16 bits per heavy atom. The van der Waals surface area contributed by atoms with Gasteiger partial charge in [-0.25, -0.2) is 0 Å². The molecule has 104 valence electrons. The Kier molecular flexibility index (Phi) is 5.36. The highest BCUT2D eigenvalue weighted by Crippen LogP contribution is 2.12. The SMILES string of the molecule is CNC(=O)C(NC(=O)c1ccc(OC)cc1)C(C)C. The van der Waals surface area contributed by atoms with Crippen LogP contribution < -0.4 is 15.4 Å². The van der Waals surface area contributed by atoms with Gasteiger partial charge in [0.25, 0.3) is 5.91 Å². The highest BCUT2D eigenvalue weighted by molar-refractivity contribution is 5.97. The average Bonchev–Trinajstić information content (AvgIpc) is 2.43. The van der Waals surface area contributed by atoms with E-state index < -0.39 is 6.04 Å². The summed E-state index contributed by atoms with van der Waals surface area (Å²) < 4.78 is 5.03. The minimum Gasteiger partial charge on any atom is -0.497 e. The molecular weight excluding hydrogens is 244 g/mol. The van der Waals surface area contributed by atoms with Gasteiger partial charge in [-0.15, -0.1) is 0 Å². The maximum absolute atomic E-state index is 12.0. The van der Waals surface area contributed by atoms with Gasteiger partial charge >= 0.3 is 0 Å². The molecule has 0 radical (unpaired) electrons. The zero-order chi connectivity index (χ0) is 14.4. The minimum atomic E-state index is -0.542. The standard InChI is InChI=1S/C14H20N2O3/c1-9(2)12(14(18)15-3)16-13(17)10-5-7-11(19-4)8-6-10/h5-9,12H,1-4H3,(H,15,18)(H,16,17). The molecule has 2 N–H and O–H groups in total. The van der Waals surface area contributed by atoms with Crippen molar-refractivity contribution < 1.29 is 14.3 Å². The number of amides is 2. The van der Waals surface area contributed by atoms with Crippen molar-refractivity contribution in [2.75, 3.05) is 14.2 Å². The number of carbonyl (C=O) groups excluding carboxylic acids is 2. The third-order valence-electron chi connectivity index (χ3n) is 2.83. The zero-order valence-electron chi connectivity index (χ0n) is 11.7. The summed E-state index contributed by atoms with van der Waals surface area (Å²) in [4.78, 5) is 23.7. The summed E-state index contributed by atoms with van der Waals surface area (Å²) in [6.45, 7) is 3.77. The Hall–Kier alpha value is -2.04. The number of benzene rings is 1. The molecule has 0 saturated carbocycles. The first kappa shape index (κ1) is 15.0. The quantitative estimate of drug-likeness (QED) is 0.839. The van der Waals surface area contributed by atoms with E-state index in [1.54, 1.807) is 38.4 Å². The lowest BCUT2D eigenvalue weighted by Crippen LogP contribution is -2.48. The lowest BCUT2D eigenvalue weighted by molar-refractivity contribution is -0.123. The molecule has 1 rings (SSSR count). The molecule has 1 aromatic rings. The van der Waals surface area contributed by atoms with Crippen LogP contribution in [0.15, 0.2) is 24.3 Å². The van der Waals surface area contributed by atoms with Crippen molar-refractivity contribution in [3.63, 3.8) is 0 Å². The Morgan fingerprint density at radius 2 is 1.74 bits per heavy atom. The van der Waals surface area contributed by atoms with Gasteiger partial charge in [0.2, 0.25) is 5.91 Å². The maximum atomic E-state index is 12.0. The van der Waals surface area contributed by atoms with Crippen LogP contribution in [0.25, 0.3) is 0 Å². The number of carbonyl (C=O) groups is 2. The number of ether oxygens (including phenoxy) is 1. The van der Waals surface area contributed by atoms with Crippen LogP contribution in [-0.2, 0) is 4.79 Å². The highest BCUT2D eigenvalue weighted by Gasteiger charge is 2.23. The Labute approximate surface area is 113 Å². The van der Waals surface area contributed by atoms with Crippen LogP contribution in [-0.4, -0.2) is 32.0 Å². The van der Waals surface area contributed by atoms with Gasteiger partial charge in [-0.1, -0.05) is 13.8 Å². The molecule has 0 aliphatic carbocycles. The van der Waals surface area contributed by atoms with E-state index in [9.17, 15) is 9.59 Å². The summed E-state index contributed by atoms with van der Waals surface area (Å²) >= 11 is 0. The summed E-state index contributed by atoms with van der Waals surface area (Å²) in [5.74, 6) is 0.229. The van der Waals surface area contributed by atoms with Gasteiger partial charge in [0, 0.05) is 12.6 Å².